The Bertz CT molecular complexity index is 924. The molecular weight excluding hydrogens is 321 g/mol. The summed E-state index contributed by atoms with van der Waals surface area (Å²) in [6, 6.07) is 9.55. The summed E-state index contributed by atoms with van der Waals surface area (Å²) in [5.41, 5.74) is 1.62. The van der Waals surface area contributed by atoms with Gasteiger partial charge in [0.2, 0.25) is 5.91 Å². The Morgan fingerprint density at radius 1 is 1.20 bits per heavy atom. The van der Waals surface area contributed by atoms with E-state index in [1.807, 2.05) is 29.7 Å². The molecule has 2 aromatic heterocycles. The highest BCUT2D eigenvalue weighted by Crippen LogP contribution is 2.28. The van der Waals surface area contributed by atoms with Crippen LogP contribution >= 0.6 is 0 Å². The molecule has 0 spiro atoms. The van der Waals surface area contributed by atoms with Gasteiger partial charge in [0.1, 0.15) is 11.9 Å². The Labute approximate surface area is 143 Å². The van der Waals surface area contributed by atoms with Crippen LogP contribution in [0.3, 0.4) is 0 Å². The zero-order valence-electron chi connectivity index (χ0n) is 13.6. The van der Waals surface area contributed by atoms with Crippen LogP contribution in [0.25, 0.3) is 11.4 Å². The van der Waals surface area contributed by atoms with Crippen molar-refractivity contribution >= 4 is 5.91 Å². The second-order valence-electron chi connectivity index (χ2n) is 6.05. The summed E-state index contributed by atoms with van der Waals surface area (Å²) in [4.78, 5) is 18.5. The Morgan fingerprint density at radius 3 is 2.76 bits per heavy atom. The van der Waals surface area contributed by atoms with Gasteiger partial charge >= 0.3 is 0 Å². The number of halogens is 1. The third kappa shape index (κ3) is 2.77. The molecule has 1 amide bonds. The van der Waals surface area contributed by atoms with Gasteiger partial charge in [-0.15, -0.1) is 10.2 Å². The second-order valence-corrected chi connectivity index (χ2v) is 6.05. The minimum Gasteiger partial charge on any atom is -0.329 e. The van der Waals surface area contributed by atoms with E-state index in [0.717, 1.165) is 17.0 Å². The minimum absolute atomic E-state index is 0.0353. The molecule has 3 aromatic rings. The molecule has 0 bridgehead atoms. The molecule has 0 fully saturated rings. The molecule has 126 valence electrons. The van der Waals surface area contributed by atoms with Gasteiger partial charge in [-0.1, -0.05) is 12.1 Å². The summed E-state index contributed by atoms with van der Waals surface area (Å²) in [5, 5.41) is 8.51. The lowest BCUT2D eigenvalue weighted by Gasteiger charge is -2.32. The molecule has 4 rings (SSSR count). The summed E-state index contributed by atoms with van der Waals surface area (Å²) >= 11 is 0. The molecular formula is C18H16FN5O. The first-order valence-corrected chi connectivity index (χ1v) is 8.01. The van der Waals surface area contributed by atoms with Gasteiger partial charge in [0.15, 0.2) is 11.6 Å². The van der Waals surface area contributed by atoms with Crippen molar-refractivity contribution in [2.75, 3.05) is 0 Å². The van der Waals surface area contributed by atoms with Crippen molar-refractivity contribution in [2.45, 2.75) is 26.1 Å². The van der Waals surface area contributed by atoms with Crippen molar-refractivity contribution in [2.24, 2.45) is 0 Å². The maximum absolute atomic E-state index is 13.4. The fourth-order valence-corrected chi connectivity index (χ4v) is 3.15. The summed E-state index contributed by atoms with van der Waals surface area (Å²) in [5.74, 6) is 1.03. The zero-order valence-corrected chi connectivity index (χ0v) is 13.6. The van der Waals surface area contributed by atoms with E-state index in [4.69, 9.17) is 0 Å². The summed E-state index contributed by atoms with van der Waals surface area (Å²) in [7, 11) is 0. The quantitative estimate of drug-likeness (QED) is 0.737. The van der Waals surface area contributed by atoms with Crippen LogP contribution in [0.5, 0.6) is 0 Å². The molecule has 0 saturated heterocycles. The predicted octanol–water partition coefficient (Wildman–Crippen LogP) is 2.58. The van der Waals surface area contributed by atoms with Crippen LogP contribution in [0, 0.1) is 5.82 Å². The number of fused-ring (bicyclic) bond motifs is 1. The number of hydrogen-bond donors (Lipinski definition) is 0. The van der Waals surface area contributed by atoms with Gasteiger partial charge in [0.05, 0.1) is 6.54 Å². The SMILES string of the molecule is C[C@H]1C(=O)N(Cc2cccc(F)c2)Cc2nnc(-c3ccncc3)n21. The van der Waals surface area contributed by atoms with E-state index in [-0.39, 0.29) is 11.7 Å². The van der Waals surface area contributed by atoms with Crippen molar-refractivity contribution in [3.05, 3.63) is 66.0 Å². The third-order valence-electron chi connectivity index (χ3n) is 4.36. The van der Waals surface area contributed by atoms with Gasteiger partial charge in [0.25, 0.3) is 0 Å². The summed E-state index contributed by atoms with van der Waals surface area (Å²) < 4.78 is 15.3. The molecule has 1 aliphatic rings. The van der Waals surface area contributed by atoms with Gasteiger partial charge in [-0.25, -0.2) is 4.39 Å². The van der Waals surface area contributed by atoms with Crippen molar-refractivity contribution in [1.29, 1.82) is 0 Å². The lowest BCUT2D eigenvalue weighted by molar-refractivity contribution is -0.137. The van der Waals surface area contributed by atoms with Crippen LogP contribution in [0.15, 0.2) is 48.8 Å². The third-order valence-corrected chi connectivity index (χ3v) is 4.36. The molecule has 0 radical (unpaired) electrons. The lowest BCUT2D eigenvalue weighted by Crippen LogP contribution is -2.41. The molecule has 3 heterocycles. The molecule has 7 heteroatoms. The van der Waals surface area contributed by atoms with Crippen molar-refractivity contribution in [1.82, 2.24) is 24.6 Å². The van der Waals surface area contributed by atoms with Gasteiger partial charge in [-0.3, -0.25) is 14.3 Å². The number of nitrogens with zero attached hydrogens (tertiary/aromatic N) is 5. The van der Waals surface area contributed by atoms with Crippen LogP contribution < -0.4 is 0 Å². The summed E-state index contributed by atoms with van der Waals surface area (Å²) in [6.07, 6.45) is 3.37. The predicted molar refractivity (Wildman–Crippen MR) is 88.6 cm³/mol. The second kappa shape index (κ2) is 6.08. The largest absolute Gasteiger partial charge is 0.329 e. The molecule has 1 atom stereocenters. The van der Waals surface area contributed by atoms with Gasteiger partial charge in [0, 0.05) is 24.5 Å². The van der Waals surface area contributed by atoms with E-state index in [9.17, 15) is 9.18 Å². The molecule has 0 unspecified atom stereocenters. The number of amides is 1. The zero-order chi connectivity index (χ0) is 17.4. The summed E-state index contributed by atoms with van der Waals surface area (Å²) in [6.45, 7) is 2.52. The molecule has 1 aromatic carbocycles. The van der Waals surface area contributed by atoms with Crippen molar-refractivity contribution in [3.8, 4) is 11.4 Å². The van der Waals surface area contributed by atoms with Crippen molar-refractivity contribution in [3.63, 3.8) is 0 Å². The maximum atomic E-state index is 13.4. The monoisotopic (exact) mass is 337 g/mol. The number of aromatic nitrogens is 4. The van der Waals surface area contributed by atoms with E-state index in [1.54, 1.807) is 23.4 Å². The smallest absolute Gasteiger partial charge is 0.246 e. The van der Waals surface area contributed by atoms with Gasteiger partial charge in [-0.05, 0) is 36.8 Å². The molecule has 0 N–H and O–H groups in total. The first-order valence-electron chi connectivity index (χ1n) is 8.01. The highest BCUT2D eigenvalue weighted by atomic mass is 19.1. The normalized spacial score (nSPS) is 16.8. The fourth-order valence-electron chi connectivity index (χ4n) is 3.15. The number of benzene rings is 1. The minimum atomic E-state index is -0.421. The standard InChI is InChI=1S/C18H16FN5O/c1-12-18(25)23(10-13-3-2-4-15(19)9-13)11-16-21-22-17(24(12)16)14-5-7-20-8-6-14/h2-9,12H,10-11H2,1H3/t12-/m0/s1. The number of hydrogen-bond acceptors (Lipinski definition) is 4. The highest BCUT2D eigenvalue weighted by Gasteiger charge is 2.33. The Morgan fingerprint density at radius 2 is 2.00 bits per heavy atom. The number of carbonyl (C=O) groups is 1. The Hall–Kier alpha value is -3.09. The van der Waals surface area contributed by atoms with E-state index >= 15 is 0 Å². The average Bonchev–Trinajstić information content (AvgIpc) is 3.04. The number of carbonyl (C=O) groups excluding carboxylic acids is 1. The van der Waals surface area contributed by atoms with E-state index < -0.39 is 6.04 Å². The number of pyridine rings is 1. The van der Waals surface area contributed by atoms with Gasteiger partial charge in [-0.2, -0.15) is 0 Å². The van der Waals surface area contributed by atoms with Crippen LogP contribution in [0.4, 0.5) is 4.39 Å². The Balaban J connectivity index is 1.66. The van der Waals surface area contributed by atoms with Crippen LogP contribution in [0.2, 0.25) is 0 Å². The maximum Gasteiger partial charge on any atom is 0.246 e. The first-order chi connectivity index (χ1) is 12.1. The average molecular weight is 337 g/mol. The van der Waals surface area contributed by atoms with Crippen LogP contribution in [-0.4, -0.2) is 30.6 Å². The highest BCUT2D eigenvalue weighted by molar-refractivity contribution is 5.82. The molecule has 6 nitrogen and oxygen atoms in total. The van der Waals surface area contributed by atoms with E-state index in [1.165, 1.54) is 12.1 Å². The van der Waals surface area contributed by atoms with Crippen LogP contribution in [0.1, 0.15) is 24.4 Å². The van der Waals surface area contributed by atoms with Gasteiger partial charge < -0.3 is 4.90 Å². The van der Waals surface area contributed by atoms with E-state index in [0.29, 0.717) is 18.9 Å². The Kier molecular flexibility index (Phi) is 3.76. The lowest BCUT2D eigenvalue weighted by atomic mass is 10.1. The number of rotatable bonds is 3. The topological polar surface area (TPSA) is 63.9 Å². The molecule has 0 aliphatic carbocycles. The fraction of sp³-hybridized carbons (Fsp3) is 0.222. The van der Waals surface area contributed by atoms with Crippen molar-refractivity contribution < 1.29 is 9.18 Å². The first kappa shape index (κ1) is 15.4. The molecule has 1 aliphatic heterocycles. The van der Waals surface area contributed by atoms with E-state index in [2.05, 4.69) is 15.2 Å². The molecule has 25 heavy (non-hydrogen) atoms. The molecule has 0 saturated carbocycles. The van der Waals surface area contributed by atoms with Crippen LogP contribution in [-0.2, 0) is 17.9 Å².